The number of benzene rings is 1. The van der Waals surface area contributed by atoms with Gasteiger partial charge < -0.3 is 9.80 Å². The molecule has 42 heavy (non-hydrogen) atoms. The van der Waals surface area contributed by atoms with Crippen LogP contribution in [0.4, 0.5) is 23.2 Å². The number of likely N-dealkylation sites (tertiary alicyclic amines) is 2. The highest BCUT2D eigenvalue weighted by molar-refractivity contribution is 7.89. The number of alkyl halides is 4. The quantitative estimate of drug-likeness (QED) is 0.495. The minimum atomic E-state index is -4.54. The largest absolute Gasteiger partial charge is 0.416 e. The van der Waals surface area contributed by atoms with Crippen LogP contribution in [0, 0.1) is 5.41 Å². The van der Waals surface area contributed by atoms with Crippen molar-refractivity contribution in [2.24, 2.45) is 5.41 Å². The van der Waals surface area contributed by atoms with Crippen LogP contribution in [0.15, 0.2) is 18.2 Å². The molecule has 2 amide bonds. The molecule has 1 N–H and O–H groups in total. The van der Waals surface area contributed by atoms with Gasteiger partial charge in [-0.2, -0.15) is 13.2 Å². The number of piperidine rings is 2. The highest BCUT2D eigenvalue weighted by atomic mass is 32.2. The van der Waals surface area contributed by atoms with Gasteiger partial charge in [0.25, 0.3) is 5.91 Å². The van der Waals surface area contributed by atoms with Crippen LogP contribution in [0.3, 0.4) is 0 Å². The Kier molecular flexibility index (Phi) is 8.71. The second-order valence-electron chi connectivity index (χ2n) is 13.4. The van der Waals surface area contributed by atoms with Crippen molar-refractivity contribution >= 4 is 27.5 Å². The predicted molar refractivity (Wildman–Crippen MR) is 152 cm³/mol. The van der Waals surface area contributed by atoms with Crippen LogP contribution in [-0.2, 0) is 25.8 Å². The minimum absolute atomic E-state index is 0.0500. The summed E-state index contributed by atoms with van der Waals surface area (Å²) in [4.78, 5) is 31.2. The molecular weight excluding hydrogens is 576 g/mol. The van der Waals surface area contributed by atoms with Crippen molar-refractivity contribution in [3.8, 4) is 0 Å². The number of carbonyl (C=O) groups excluding carboxylic acids is 2. The Balaban J connectivity index is 1.49. The van der Waals surface area contributed by atoms with Gasteiger partial charge in [0.2, 0.25) is 21.6 Å². The van der Waals surface area contributed by atoms with Gasteiger partial charge in [-0.3, -0.25) is 19.2 Å². The van der Waals surface area contributed by atoms with Crippen LogP contribution >= 0.6 is 0 Å². The molecule has 1 aromatic rings. The van der Waals surface area contributed by atoms with Crippen molar-refractivity contribution in [1.82, 2.24) is 14.5 Å². The summed E-state index contributed by atoms with van der Waals surface area (Å²) < 4.78 is 82.1. The van der Waals surface area contributed by atoms with Crippen molar-refractivity contribution in [1.29, 1.82) is 0 Å². The fraction of sp³-hybridized carbons (Fsp3) is 0.724. The van der Waals surface area contributed by atoms with E-state index < -0.39 is 44.7 Å². The Morgan fingerprint density at radius 1 is 0.976 bits per heavy atom. The van der Waals surface area contributed by atoms with Crippen molar-refractivity contribution in [2.45, 2.75) is 83.1 Å². The number of nitrogens with one attached hydrogen (secondary N) is 1. The van der Waals surface area contributed by atoms with Gasteiger partial charge in [-0.25, -0.2) is 12.8 Å². The van der Waals surface area contributed by atoms with Crippen LogP contribution in [0.1, 0.15) is 76.8 Å². The van der Waals surface area contributed by atoms with E-state index in [1.807, 2.05) is 35.3 Å². The lowest BCUT2D eigenvalue weighted by Crippen LogP contribution is -2.51. The topological polar surface area (TPSA) is 90.0 Å². The number of nitrogens with zero attached hydrogens (tertiary/aromatic N) is 3. The van der Waals surface area contributed by atoms with Crippen molar-refractivity contribution < 1.29 is 35.6 Å². The van der Waals surface area contributed by atoms with Gasteiger partial charge in [-0.1, -0.05) is 13.0 Å². The molecule has 236 valence electrons. The molecule has 3 aliphatic rings. The zero-order valence-electron chi connectivity index (χ0n) is 25.0. The van der Waals surface area contributed by atoms with Gasteiger partial charge in [-0.05, 0) is 70.1 Å². The average Bonchev–Trinajstić information content (AvgIpc) is 3.31. The highest BCUT2D eigenvalue weighted by Crippen LogP contribution is 2.42. The Bertz CT molecular complexity index is 1300. The molecule has 1 aromatic carbocycles. The molecule has 0 aliphatic carbocycles. The number of hydrogen-bond acceptors (Lipinski definition) is 6. The summed E-state index contributed by atoms with van der Waals surface area (Å²) in [5.74, 6) is -1.26. The second-order valence-corrected chi connectivity index (χ2v) is 15.1. The van der Waals surface area contributed by atoms with Gasteiger partial charge >= 0.3 is 6.18 Å². The molecule has 3 fully saturated rings. The number of rotatable bonds is 5. The van der Waals surface area contributed by atoms with Gasteiger partial charge in [0.15, 0.2) is 0 Å². The molecule has 3 heterocycles. The van der Waals surface area contributed by atoms with E-state index in [0.29, 0.717) is 38.2 Å². The first-order valence-corrected chi connectivity index (χ1v) is 16.3. The second kappa shape index (κ2) is 11.3. The molecule has 13 heteroatoms. The smallest absolute Gasteiger partial charge is 0.371 e. The van der Waals surface area contributed by atoms with E-state index in [2.05, 4.69) is 0 Å². The summed E-state index contributed by atoms with van der Waals surface area (Å²) in [6.45, 7) is 9.35. The molecule has 0 aromatic heterocycles. The van der Waals surface area contributed by atoms with E-state index in [-0.39, 0.29) is 50.4 Å². The lowest BCUT2D eigenvalue weighted by atomic mass is 9.79. The summed E-state index contributed by atoms with van der Waals surface area (Å²) in [6, 6.07) is 3.71. The number of amides is 2. The SMILES string of the molecule is CC1(C(=O)NS(C)(=O)=O)CCN(c2cc(C(F)(F)F)ccc2C2CCN(C(=O)[C@@]3(F)CCN(C(C)(C)C)C3)CC2)CC1. The average molecular weight is 619 g/mol. The van der Waals surface area contributed by atoms with E-state index in [0.717, 1.165) is 24.0 Å². The first kappa shape index (κ1) is 32.5. The summed E-state index contributed by atoms with van der Waals surface area (Å²) in [7, 11) is -3.74. The van der Waals surface area contributed by atoms with Crippen molar-refractivity contribution in [3.63, 3.8) is 0 Å². The zero-order chi connectivity index (χ0) is 31.3. The lowest BCUT2D eigenvalue weighted by Gasteiger charge is -2.41. The van der Waals surface area contributed by atoms with E-state index in [4.69, 9.17) is 0 Å². The van der Waals surface area contributed by atoms with Gasteiger partial charge in [-0.15, -0.1) is 0 Å². The Morgan fingerprint density at radius 3 is 2.07 bits per heavy atom. The number of anilines is 1. The minimum Gasteiger partial charge on any atom is -0.371 e. The fourth-order valence-corrected chi connectivity index (χ4v) is 6.88. The molecule has 0 saturated carbocycles. The van der Waals surface area contributed by atoms with E-state index >= 15 is 4.39 Å². The Labute approximate surface area is 245 Å². The molecule has 3 saturated heterocycles. The monoisotopic (exact) mass is 618 g/mol. The summed E-state index contributed by atoms with van der Waals surface area (Å²) in [5, 5.41) is 0. The van der Waals surface area contributed by atoms with Crippen LogP contribution < -0.4 is 9.62 Å². The molecule has 0 unspecified atom stereocenters. The van der Waals surface area contributed by atoms with Crippen LogP contribution in [0.5, 0.6) is 0 Å². The molecular formula is C29H42F4N4O4S. The maximum absolute atomic E-state index is 15.8. The van der Waals surface area contributed by atoms with Gasteiger partial charge in [0, 0.05) is 56.9 Å². The molecule has 4 rings (SSSR count). The fourth-order valence-electron chi connectivity index (χ4n) is 6.30. The normalized spacial score (nSPS) is 24.6. The molecule has 3 aliphatic heterocycles. The molecule has 0 bridgehead atoms. The summed E-state index contributed by atoms with van der Waals surface area (Å²) in [5.41, 5.74) is -2.78. The summed E-state index contributed by atoms with van der Waals surface area (Å²) >= 11 is 0. The standard InChI is InChI=1S/C29H42F4N4O4S/c1-26(2,3)37-17-12-28(30,19-37)25(39)36-13-8-20(9-14-36)22-7-6-21(29(31,32)33)18-23(22)35-15-10-27(4,11-16-35)24(38)34-42(5,40)41/h6-7,18,20H,8-17,19H2,1-5H3,(H,34,38)/t28-/m1/s1. The van der Waals surface area contributed by atoms with E-state index in [1.54, 1.807) is 11.8 Å². The molecule has 1 atom stereocenters. The molecule has 0 spiro atoms. The lowest BCUT2D eigenvalue weighted by molar-refractivity contribution is -0.144. The zero-order valence-corrected chi connectivity index (χ0v) is 25.8. The molecule has 8 nitrogen and oxygen atoms in total. The summed E-state index contributed by atoms with van der Waals surface area (Å²) in [6.07, 6.45) is -1.99. The van der Waals surface area contributed by atoms with Crippen LogP contribution in [0.25, 0.3) is 0 Å². The first-order chi connectivity index (χ1) is 19.2. The number of hydrogen-bond donors (Lipinski definition) is 1. The number of sulfonamides is 1. The highest BCUT2D eigenvalue weighted by Gasteiger charge is 2.50. The third kappa shape index (κ3) is 7.03. The van der Waals surface area contributed by atoms with Gasteiger partial charge in [0.1, 0.15) is 0 Å². The maximum atomic E-state index is 15.8. The van der Waals surface area contributed by atoms with E-state index in [1.165, 1.54) is 6.07 Å². The van der Waals surface area contributed by atoms with Gasteiger partial charge in [0.05, 0.1) is 17.2 Å². The Hall–Kier alpha value is -2.41. The van der Waals surface area contributed by atoms with Crippen LogP contribution in [-0.4, -0.2) is 86.8 Å². The third-order valence-electron chi connectivity index (χ3n) is 9.17. The van der Waals surface area contributed by atoms with Crippen molar-refractivity contribution in [2.75, 3.05) is 50.4 Å². The molecule has 0 radical (unpaired) electrons. The third-order valence-corrected chi connectivity index (χ3v) is 9.72. The number of halogens is 4. The maximum Gasteiger partial charge on any atom is 0.416 e. The Morgan fingerprint density at radius 2 is 1.57 bits per heavy atom. The predicted octanol–water partition coefficient (Wildman–Crippen LogP) is 4.31. The van der Waals surface area contributed by atoms with E-state index in [9.17, 15) is 31.2 Å². The van der Waals surface area contributed by atoms with Crippen LogP contribution in [0.2, 0.25) is 0 Å². The first-order valence-electron chi connectivity index (χ1n) is 14.4. The number of carbonyl (C=O) groups is 2. The van der Waals surface area contributed by atoms with Crippen molar-refractivity contribution in [3.05, 3.63) is 29.3 Å².